The van der Waals surface area contributed by atoms with Crippen molar-refractivity contribution in [2.75, 3.05) is 5.32 Å². The van der Waals surface area contributed by atoms with Gasteiger partial charge in [0, 0.05) is 22.2 Å². The molecule has 2 nitrogen and oxygen atoms in total. The normalized spacial score (nSPS) is 24.4. The Balaban J connectivity index is 1.88. The first kappa shape index (κ1) is 15.9. The number of nitrogens with one attached hydrogen (secondary N) is 1. The van der Waals surface area contributed by atoms with Crippen LogP contribution in [0.5, 0.6) is 5.75 Å². The predicted octanol–water partition coefficient (Wildman–Crippen LogP) is 6.14. The summed E-state index contributed by atoms with van der Waals surface area (Å²) in [5.41, 5.74) is 5.78. The molecule has 0 aromatic heterocycles. The van der Waals surface area contributed by atoms with E-state index in [2.05, 4.69) is 43.4 Å². The van der Waals surface area contributed by atoms with Crippen molar-refractivity contribution in [3.8, 4) is 5.75 Å². The van der Waals surface area contributed by atoms with Crippen LogP contribution in [-0.2, 0) is 0 Å². The average molecular weight is 360 g/mol. The highest BCUT2D eigenvalue weighted by molar-refractivity contribution is 6.35. The van der Waals surface area contributed by atoms with Crippen LogP contribution in [0.1, 0.15) is 40.6 Å². The van der Waals surface area contributed by atoms with Crippen LogP contribution in [0, 0.1) is 19.8 Å². The van der Waals surface area contributed by atoms with Crippen molar-refractivity contribution in [3.05, 3.63) is 68.7 Å². The maximum absolute atomic E-state index is 10.5. The van der Waals surface area contributed by atoms with Crippen molar-refractivity contribution in [2.24, 2.45) is 5.92 Å². The molecule has 0 bridgehead atoms. The molecule has 4 rings (SSSR count). The second-order valence-corrected chi connectivity index (χ2v) is 7.69. The lowest BCUT2D eigenvalue weighted by Gasteiger charge is -2.39. The highest BCUT2D eigenvalue weighted by atomic mass is 35.5. The zero-order valence-electron chi connectivity index (χ0n) is 13.6. The van der Waals surface area contributed by atoms with E-state index >= 15 is 0 Å². The standard InChI is InChI=1S/C20H19Cl2NO/c1-10-6-11(2)18-15(7-10)13-4-3-5-14(13)19(23-18)16-8-12(21)9-17(22)20(16)24/h3-4,6-9,13-14,19,23-24H,5H2,1-2H3. The third kappa shape index (κ3) is 2.40. The van der Waals surface area contributed by atoms with Gasteiger partial charge in [-0.3, -0.25) is 0 Å². The lowest BCUT2D eigenvalue weighted by atomic mass is 9.76. The van der Waals surface area contributed by atoms with Gasteiger partial charge in [0.05, 0.1) is 11.1 Å². The second kappa shape index (κ2) is 5.72. The Hall–Kier alpha value is -1.64. The van der Waals surface area contributed by atoms with E-state index in [4.69, 9.17) is 23.2 Å². The molecule has 0 saturated heterocycles. The second-order valence-electron chi connectivity index (χ2n) is 6.85. The van der Waals surface area contributed by atoms with E-state index < -0.39 is 0 Å². The lowest BCUT2D eigenvalue weighted by Crippen LogP contribution is -2.29. The molecule has 0 saturated carbocycles. The minimum atomic E-state index is -0.0184. The Morgan fingerprint density at radius 3 is 2.67 bits per heavy atom. The molecule has 1 aliphatic heterocycles. The van der Waals surface area contributed by atoms with Gasteiger partial charge in [-0.05, 0) is 49.4 Å². The van der Waals surface area contributed by atoms with Crippen molar-refractivity contribution < 1.29 is 5.11 Å². The number of hydrogen-bond donors (Lipinski definition) is 2. The quantitative estimate of drug-likeness (QED) is 0.599. The zero-order chi connectivity index (χ0) is 17.0. The molecule has 0 amide bonds. The maximum atomic E-state index is 10.5. The van der Waals surface area contributed by atoms with Gasteiger partial charge < -0.3 is 10.4 Å². The number of phenolic OH excluding ortho intramolecular Hbond substituents is 1. The zero-order valence-corrected chi connectivity index (χ0v) is 15.1. The summed E-state index contributed by atoms with van der Waals surface area (Å²) in [5, 5.41) is 15.0. The molecule has 2 N–H and O–H groups in total. The van der Waals surface area contributed by atoms with Crippen LogP contribution in [0.25, 0.3) is 0 Å². The van der Waals surface area contributed by atoms with Crippen LogP contribution in [0.2, 0.25) is 10.0 Å². The van der Waals surface area contributed by atoms with Gasteiger partial charge in [0.25, 0.3) is 0 Å². The van der Waals surface area contributed by atoms with Crippen molar-refractivity contribution in [1.29, 1.82) is 0 Å². The van der Waals surface area contributed by atoms with Gasteiger partial charge in [-0.15, -0.1) is 0 Å². The van der Waals surface area contributed by atoms with Crippen LogP contribution in [0.3, 0.4) is 0 Å². The summed E-state index contributed by atoms with van der Waals surface area (Å²) in [6.07, 6.45) is 5.50. The van der Waals surface area contributed by atoms with Crippen molar-refractivity contribution >= 4 is 28.9 Å². The summed E-state index contributed by atoms with van der Waals surface area (Å²) >= 11 is 12.4. The highest BCUT2D eigenvalue weighted by Crippen LogP contribution is 2.53. The molecule has 2 aromatic carbocycles. The number of phenols is 1. The Labute approximate surface area is 152 Å². The SMILES string of the molecule is Cc1cc(C)c2c(c1)C1C=CCC1C(c1cc(Cl)cc(Cl)c1O)N2. The number of anilines is 1. The summed E-state index contributed by atoms with van der Waals surface area (Å²) in [6.45, 7) is 4.26. The van der Waals surface area contributed by atoms with Crippen LogP contribution in [-0.4, -0.2) is 5.11 Å². The van der Waals surface area contributed by atoms with Crippen molar-refractivity contribution in [1.82, 2.24) is 0 Å². The molecule has 124 valence electrons. The van der Waals surface area contributed by atoms with Gasteiger partial charge >= 0.3 is 0 Å². The molecule has 3 atom stereocenters. The third-order valence-electron chi connectivity index (χ3n) is 5.20. The van der Waals surface area contributed by atoms with E-state index in [1.54, 1.807) is 6.07 Å². The molecule has 24 heavy (non-hydrogen) atoms. The maximum Gasteiger partial charge on any atom is 0.139 e. The Morgan fingerprint density at radius 2 is 1.88 bits per heavy atom. The number of benzene rings is 2. The number of fused-ring (bicyclic) bond motifs is 3. The third-order valence-corrected chi connectivity index (χ3v) is 5.71. The van der Waals surface area contributed by atoms with E-state index in [1.807, 2.05) is 6.07 Å². The van der Waals surface area contributed by atoms with Gasteiger partial charge in [0.15, 0.2) is 0 Å². The van der Waals surface area contributed by atoms with Gasteiger partial charge in [0.2, 0.25) is 0 Å². The monoisotopic (exact) mass is 359 g/mol. The molecule has 0 fully saturated rings. The number of allylic oxidation sites excluding steroid dienone is 2. The molecule has 3 unspecified atom stereocenters. The first-order valence-electron chi connectivity index (χ1n) is 8.18. The average Bonchev–Trinajstić information content (AvgIpc) is 3.00. The first-order valence-corrected chi connectivity index (χ1v) is 8.93. The van der Waals surface area contributed by atoms with Gasteiger partial charge in [-0.1, -0.05) is 53.1 Å². The summed E-state index contributed by atoms with van der Waals surface area (Å²) in [5.74, 6) is 0.818. The fourth-order valence-corrected chi connectivity index (χ4v) is 4.71. The minimum Gasteiger partial charge on any atom is -0.506 e. The summed E-state index contributed by atoms with van der Waals surface area (Å²) in [6, 6.07) is 7.84. The van der Waals surface area contributed by atoms with E-state index in [1.165, 1.54) is 16.7 Å². The fourth-order valence-electron chi connectivity index (χ4n) is 4.20. The summed E-state index contributed by atoms with van der Waals surface area (Å²) in [4.78, 5) is 0. The molecule has 0 spiro atoms. The Bertz CT molecular complexity index is 859. The molecule has 1 aliphatic carbocycles. The highest BCUT2D eigenvalue weighted by Gasteiger charge is 2.39. The van der Waals surface area contributed by atoms with Crippen LogP contribution in [0.4, 0.5) is 5.69 Å². The number of halogens is 2. The smallest absolute Gasteiger partial charge is 0.139 e. The molecule has 1 heterocycles. The van der Waals surface area contributed by atoms with Crippen LogP contribution in [0.15, 0.2) is 36.4 Å². The van der Waals surface area contributed by atoms with Gasteiger partial charge in [-0.25, -0.2) is 0 Å². The number of aromatic hydroxyl groups is 1. The van der Waals surface area contributed by atoms with Crippen LogP contribution < -0.4 is 5.32 Å². The molecule has 4 heteroatoms. The number of aryl methyl sites for hydroxylation is 2. The summed E-state index contributed by atoms with van der Waals surface area (Å²) in [7, 11) is 0. The largest absolute Gasteiger partial charge is 0.506 e. The predicted molar refractivity (Wildman–Crippen MR) is 100 cm³/mol. The van der Waals surface area contributed by atoms with Gasteiger partial charge in [0.1, 0.15) is 5.75 Å². The van der Waals surface area contributed by atoms with Crippen molar-refractivity contribution in [3.63, 3.8) is 0 Å². The molecule has 2 aliphatic rings. The van der Waals surface area contributed by atoms with E-state index in [-0.39, 0.29) is 11.8 Å². The summed E-state index contributed by atoms with van der Waals surface area (Å²) < 4.78 is 0. The first-order chi connectivity index (χ1) is 11.5. The van der Waals surface area contributed by atoms with E-state index in [0.717, 1.165) is 17.7 Å². The Kier molecular flexibility index (Phi) is 3.78. The fraction of sp³-hybridized carbons (Fsp3) is 0.300. The van der Waals surface area contributed by atoms with E-state index in [0.29, 0.717) is 21.9 Å². The van der Waals surface area contributed by atoms with Gasteiger partial charge in [-0.2, -0.15) is 0 Å². The molecular formula is C20H19Cl2NO. The van der Waals surface area contributed by atoms with Crippen molar-refractivity contribution in [2.45, 2.75) is 32.2 Å². The topological polar surface area (TPSA) is 32.3 Å². The number of hydrogen-bond acceptors (Lipinski definition) is 2. The Morgan fingerprint density at radius 1 is 1.08 bits per heavy atom. The number of rotatable bonds is 1. The lowest BCUT2D eigenvalue weighted by molar-refractivity contribution is 0.402. The van der Waals surface area contributed by atoms with E-state index in [9.17, 15) is 5.11 Å². The molecular weight excluding hydrogens is 341 g/mol. The molecule has 0 radical (unpaired) electrons. The molecule has 2 aromatic rings. The van der Waals surface area contributed by atoms with Crippen LogP contribution >= 0.6 is 23.2 Å². The minimum absolute atomic E-state index is 0.0184.